The molecule has 0 bridgehead atoms. The molecule has 0 N–H and O–H groups in total. The lowest BCUT2D eigenvalue weighted by Crippen LogP contribution is -2.49. The summed E-state index contributed by atoms with van der Waals surface area (Å²) in [5.41, 5.74) is 0. The highest BCUT2D eigenvalue weighted by Crippen LogP contribution is 2.23. The molecule has 1 amide bonds. The number of hydrogen-bond acceptors (Lipinski definition) is 6. The van der Waals surface area contributed by atoms with Crippen molar-refractivity contribution >= 4 is 22.4 Å². The second-order valence-corrected chi connectivity index (χ2v) is 6.39. The summed E-state index contributed by atoms with van der Waals surface area (Å²) in [6, 6.07) is 0. The van der Waals surface area contributed by atoms with Crippen LogP contribution in [-0.2, 0) is 14.3 Å². The minimum Gasteiger partial charge on any atom is -0.374 e. The topological polar surface area (TPSA) is 54.9 Å². The van der Waals surface area contributed by atoms with E-state index in [0.717, 1.165) is 31.1 Å². The number of amides is 1. The molecule has 2 aliphatic rings. The average molecular weight is 311 g/mol. The number of anilines is 1. The maximum absolute atomic E-state index is 12.7. The van der Waals surface area contributed by atoms with Crippen molar-refractivity contribution in [3.05, 3.63) is 11.6 Å². The SMILES string of the molecule is CN1CCO[C@@H](CN(C(=O)[C@@H]2CCCO2)c2nccs2)C1. The quantitative estimate of drug-likeness (QED) is 0.830. The number of morpholine rings is 1. The lowest BCUT2D eigenvalue weighted by Gasteiger charge is -2.33. The normalized spacial score (nSPS) is 26.9. The smallest absolute Gasteiger partial charge is 0.257 e. The van der Waals surface area contributed by atoms with E-state index in [2.05, 4.69) is 16.9 Å². The third-order valence-electron chi connectivity index (χ3n) is 3.85. The van der Waals surface area contributed by atoms with Crippen molar-refractivity contribution in [3.8, 4) is 0 Å². The van der Waals surface area contributed by atoms with Crippen molar-refractivity contribution < 1.29 is 14.3 Å². The highest BCUT2D eigenvalue weighted by Gasteiger charge is 2.32. The molecular weight excluding hydrogens is 290 g/mol. The Bertz CT molecular complexity index is 462. The zero-order valence-electron chi connectivity index (χ0n) is 12.2. The summed E-state index contributed by atoms with van der Waals surface area (Å²) < 4.78 is 11.3. The van der Waals surface area contributed by atoms with Crippen LogP contribution in [0.25, 0.3) is 0 Å². The molecule has 1 aromatic heterocycles. The summed E-state index contributed by atoms with van der Waals surface area (Å²) in [6.07, 6.45) is 3.17. The van der Waals surface area contributed by atoms with Crippen LogP contribution < -0.4 is 4.90 Å². The maximum atomic E-state index is 12.7. The average Bonchev–Trinajstić information content (AvgIpc) is 3.17. The van der Waals surface area contributed by atoms with Crippen molar-refractivity contribution in [2.45, 2.75) is 25.0 Å². The number of likely N-dealkylation sites (N-methyl/N-ethyl adjacent to an activating group) is 1. The number of thiazole rings is 1. The predicted octanol–water partition coefficient (Wildman–Crippen LogP) is 0.986. The van der Waals surface area contributed by atoms with Crippen LogP contribution in [0.1, 0.15) is 12.8 Å². The number of aromatic nitrogens is 1. The number of carbonyl (C=O) groups excluding carboxylic acids is 1. The Morgan fingerprint density at radius 1 is 1.52 bits per heavy atom. The van der Waals surface area contributed by atoms with Gasteiger partial charge < -0.3 is 14.4 Å². The molecule has 0 aliphatic carbocycles. The van der Waals surface area contributed by atoms with Crippen LogP contribution in [-0.4, -0.2) is 67.9 Å². The molecule has 2 saturated heterocycles. The van der Waals surface area contributed by atoms with Gasteiger partial charge in [-0.3, -0.25) is 9.69 Å². The van der Waals surface area contributed by atoms with Crippen LogP contribution in [0.4, 0.5) is 5.13 Å². The first kappa shape index (κ1) is 14.9. The van der Waals surface area contributed by atoms with Gasteiger partial charge >= 0.3 is 0 Å². The van der Waals surface area contributed by atoms with Crippen LogP contribution in [0.3, 0.4) is 0 Å². The van der Waals surface area contributed by atoms with E-state index < -0.39 is 0 Å². The second kappa shape index (κ2) is 6.83. The Kier molecular flexibility index (Phi) is 4.84. The summed E-state index contributed by atoms with van der Waals surface area (Å²) in [7, 11) is 2.07. The number of hydrogen-bond donors (Lipinski definition) is 0. The molecule has 0 radical (unpaired) electrons. The molecule has 2 atom stereocenters. The van der Waals surface area contributed by atoms with Crippen LogP contribution in [0, 0.1) is 0 Å². The molecule has 1 aromatic rings. The van der Waals surface area contributed by atoms with Crippen molar-refractivity contribution in [2.24, 2.45) is 0 Å². The fourth-order valence-corrected chi connectivity index (χ4v) is 3.40. The van der Waals surface area contributed by atoms with Crippen LogP contribution >= 0.6 is 11.3 Å². The summed E-state index contributed by atoms with van der Waals surface area (Å²) in [6.45, 7) is 3.69. The third-order valence-corrected chi connectivity index (χ3v) is 4.64. The van der Waals surface area contributed by atoms with Gasteiger partial charge in [-0.2, -0.15) is 0 Å². The molecule has 0 saturated carbocycles. The summed E-state index contributed by atoms with van der Waals surface area (Å²) in [5.74, 6) is 0.0132. The lowest BCUT2D eigenvalue weighted by molar-refractivity contribution is -0.128. The molecule has 0 spiro atoms. The van der Waals surface area contributed by atoms with E-state index in [0.29, 0.717) is 19.8 Å². The molecule has 6 nitrogen and oxygen atoms in total. The summed E-state index contributed by atoms with van der Waals surface area (Å²) in [5, 5.41) is 2.62. The number of rotatable bonds is 4. The van der Waals surface area contributed by atoms with E-state index in [1.165, 1.54) is 11.3 Å². The van der Waals surface area contributed by atoms with Crippen LogP contribution in [0.2, 0.25) is 0 Å². The molecule has 0 unspecified atom stereocenters. The molecule has 116 valence electrons. The minimum absolute atomic E-state index is 0.0132. The molecule has 7 heteroatoms. The maximum Gasteiger partial charge on any atom is 0.257 e. The van der Waals surface area contributed by atoms with E-state index in [4.69, 9.17) is 9.47 Å². The first-order chi connectivity index (χ1) is 10.2. The van der Waals surface area contributed by atoms with Gasteiger partial charge in [-0.25, -0.2) is 4.98 Å². The van der Waals surface area contributed by atoms with Crippen molar-refractivity contribution in [1.82, 2.24) is 9.88 Å². The van der Waals surface area contributed by atoms with Gasteiger partial charge in [-0.15, -0.1) is 11.3 Å². The molecule has 21 heavy (non-hydrogen) atoms. The fourth-order valence-electron chi connectivity index (χ4n) is 2.74. The van der Waals surface area contributed by atoms with Crippen LogP contribution in [0.15, 0.2) is 11.6 Å². The Morgan fingerprint density at radius 3 is 3.10 bits per heavy atom. The van der Waals surface area contributed by atoms with Crippen molar-refractivity contribution in [2.75, 3.05) is 44.8 Å². The van der Waals surface area contributed by atoms with E-state index in [1.54, 1.807) is 11.1 Å². The van der Waals surface area contributed by atoms with E-state index >= 15 is 0 Å². The van der Waals surface area contributed by atoms with Crippen molar-refractivity contribution in [1.29, 1.82) is 0 Å². The molecule has 2 fully saturated rings. The van der Waals surface area contributed by atoms with E-state index in [-0.39, 0.29) is 18.1 Å². The van der Waals surface area contributed by atoms with Gasteiger partial charge in [-0.1, -0.05) is 0 Å². The second-order valence-electron chi connectivity index (χ2n) is 5.52. The van der Waals surface area contributed by atoms with Gasteiger partial charge in [0, 0.05) is 31.3 Å². The Morgan fingerprint density at radius 2 is 2.43 bits per heavy atom. The lowest BCUT2D eigenvalue weighted by atomic mass is 10.2. The fraction of sp³-hybridized carbons (Fsp3) is 0.714. The summed E-state index contributed by atoms with van der Waals surface area (Å²) in [4.78, 5) is 21.0. The van der Waals surface area contributed by atoms with Gasteiger partial charge in [0.2, 0.25) is 0 Å². The number of carbonyl (C=O) groups is 1. The Labute approximate surface area is 128 Å². The predicted molar refractivity (Wildman–Crippen MR) is 80.7 cm³/mol. The van der Waals surface area contributed by atoms with Gasteiger partial charge in [0.05, 0.1) is 19.3 Å². The first-order valence-electron chi connectivity index (χ1n) is 7.36. The van der Waals surface area contributed by atoms with Crippen molar-refractivity contribution in [3.63, 3.8) is 0 Å². The molecular formula is C14H21N3O3S. The highest BCUT2D eigenvalue weighted by molar-refractivity contribution is 7.13. The Balaban J connectivity index is 1.71. The van der Waals surface area contributed by atoms with Gasteiger partial charge in [0.25, 0.3) is 5.91 Å². The minimum atomic E-state index is -0.324. The number of ether oxygens (including phenoxy) is 2. The largest absolute Gasteiger partial charge is 0.374 e. The molecule has 3 heterocycles. The van der Waals surface area contributed by atoms with E-state index in [9.17, 15) is 4.79 Å². The third kappa shape index (κ3) is 3.60. The monoisotopic (exact) mass is 311 g/mol. The van der Waals surface area contributed by atoms with Gasteiger partial charge in [-0.05, 0) is 19.9 Å². The van der Waals surface area contributed by atoms with Gasteiger partial charge in [0.15, 0.2) is 5.13 Å². The zero-order chi connectivity index (χ0) is 14.7. The molecule has 0 aromatic carbocycles. The number of nitrogens with zero attached hydrogens (tertiary/aromatic N) is 3. The summed E-state index contributed by atoms with van der Waals surface area (Å²) >= 11 is 1.48. The van der Waals surface area contributed by atoms with E-state index in [1.807, 2.05) is 5.38 Å². The highest BCUT2D eigenvalue weighted by atomic mass is 32.1. The first-order valence-corrected chi connectivity index (χ1v) is 8.24. The molecule has 3 rings (SSSR count). The zero-order valence-corrected chi connectivity index (χ0v) is 13.1. The van der Waals surface area contributed by atoms with Gasteiger partial charge in [0.1, 0.15) is 6.10 Å². The standard InChI is InChI=1S/C14H21N3O3S/c1-16-5-7-19-11(9-16)10-17(14-15-4-8-21-14)13(18)12-3-2-6-20-12/h4,8,11-12H,2-3,5-7,9-10H2,1H3/t11-,12+/m1/s1. The molecule has 2 aliphatic heterocycles. The van der Waals surface area contributed by atoms with Crippen LogP contribution in [0.5, 0.6) is 0 Å². The Hall–Kier alpha value is -1.02.